The van der Waals surface area contributed by atoms with E-state index >= 15 is 0 Å². The van der Waals surface area contributed by atoms with Crippen LogP contribution in [0.5, 0.6) is 0 Å². The maximum Gasteiger partial charge on any atom is 0.147 e. The van der Waals surface area contributed by atoms with E-state index in [1.165, 1.54) is 5.56 Å². The van der Waals surface area contributed by atoms with Crippen LogP contribution in [0.2, 0.25) is 0 Å². The molecule has 0 amide bonds. The third-order valence-electron chi connectivity index (χ3n) is 2.41. The minimum Gasteiger partial charge on any atom is -0.359 e. The van der Waals surface area contributed by atoms with Crippen LogP contribution in [-0.2, 0) is 9.47 Å². The van der Waals surface area contributed by atoms with E-state index in [9.17, 15) is 0 Å². The Morgan fingerprint density at radius 2 is 1.94 bits per heavy atom. The van der Waals surface area contributed by atoms with Gasteiger partial charge in [0.15, 0.2) is 0 Å². The maximum atomic E-state index is 5.67. The fraction of sp³-hybridized carbons (Fsp3) is 0.538. The molecule has 0 heterocycles. The molecule has 1 aromatic carbocycles. The molecule has 0 aliphatic heterocycles. The maximum absolute atomic E-state index is 5.67. The number of rotatable bonds is 8. The molecule has 0 saturated heterocycles. The summed E-state index contributed by atoms with van der Waals surface area (Å²) in [5.41, 5.74) is 1.20. The number of methoxy groups -OCH3 is 1. The highest BCUT2D eigenvalue weighted by Gasteiger charge is 2.10. The van der Waals surface area contributed by atoms with E-state index in [1.54, 1.807) is 7.11 Å². The summed E-state index contributed by atoms with van der Waals surface area (Å²) in [6.07, 6.45) is 3.21. The normalized spacial score (nSPS) is 12.6. The molecule has 0 spiro atoms. The Morgan fingerprint density at radius 3 is 2.56 bits per heavy atom. The van der Waals surface area contributed by atoms with E-state index < -0.39 is 0 Å². The van der Waals surface area contributed by atoms with Crippen LogP contribution in [0, 0.1) is 0 Å². The summed E-state index contributed by atoms with van der Waals surface area (Å²) in [4.78, 5) is 0. The molecule has 0 radical (unpaired) electrons. The molecule has 1 rings (SSSR count). The molecule has 2 nitrogen and oxygen atoms in total. The highest BCUT2D eigenvalue weighted by molar-refractivity contribution is 6.17. The number of hydrogen-bond donors (Lipinski definition) is 0. The number of unbranched alkanes of at least 4 members (excludes halogenated alkanes) is 1. The largest absolute Gasteiger partial charge is 0.359 e. The number of ether oxygens (including phenoxy) is 2. The Bertz CT molecular complexity index is 264. The van der Waals surface area contributed by atoms with Crippen molar-refractivity contribution in [3.05, 3.63) is 35.9 Å². The van der Waals surface area contributed by atoms with Crippen molar-refractivity contribution in [3.63, 3.8) is 0 Å². The molecule has 0 bridgehead atoms. The smallest absolute Gasteiger partial charge is 0.147 e. The molecular weight excluding hydrogens is 224 g/mol. The van der Waals surface area contributed by atoms with E-state index in [2.05, 4.69) is 12.1 Å². The second-order valence-corrected chi connectivity index (χ2v) is 4.04. The third-order valence-corrected chi connectivity index (χ3v) is 2.68. The van der Waals surface area contributed by atoms with E-state index in [1.807, 2.05) is 18.2 Å². The van der Waals surface area contributed by atoms with Gasteiger partial charge in [-0.1, -0.05) is 30.3 Å². The highest BCUT2D eigenvalue weighted by Crippen LogP contribution is 2.23. The molecule has 16 heavy (non-hydrogen) atoms. The number of benzene rings is 1. The van der Waals surface area contributed by atoms with Crippen molar-refractivity contribution in [2.75, 3.05) is 19.8 Å². The average Bonchev–Trinajstić information content (AvgIpc) is 2.35. The second-order valence-electron chi connectivity index (χ2n) is 3.66. The SMILES string of the molecule is COCOC(CCCCCl)c1ccccc1. The van der Waals surface area contributed by atoms with Gasteiger partial charge in [-0.15, -0.1) is 11.6 Å². The van der Waals surface area contributed by atoms with Gasteiger partial charge in [0.1, 0.15) is 6.79 Å². The van der Waals surface area contributed by atoms with Gasteiger partial charge in [0, 0.05) is 13.0 Å². The molecule has 1 unspecified atom stereocenters. The summed E-state index contributed by atoms with van der Waals surface area (Å²) in [5, 5.41) is 0. The van der Waals surface area contributed by atoms with Crippen LogP contribution in [0.3, 0.4) is 0 Å². The molecule has 0 saturated carbocycles. The molecule has 90 valence electrons. The number of hydrogen-bond acceptors (Lipinski definition) is 2. The lowest BCUT2D eigenvalue weighted by atomic mass is 10.0. The topological polar surface area (TPSA) is 18.5 Å². The molecule has 0 aromatic heterocycles. The van der Waals surface area contributed by atoms with Crippen LogP contribution < -0.4 is 0 Å². The molecule has 3 heteroatoms. The van der Waals surface area contributed by atoms with Gasteiger partial charge < -0.3 is 9.47 Å². The zero-order valence-corrected chi connectivity index (χ0v) is 10.5. The Morgan fingerprint density at radius 1 is 1.19 bits per heavy atom. The summed E-state index contributed by atoms with van der Waals surface area (Å²) in [6, 6.07) is 10.2. The van der Waals surface area contributed by atoms with Crippen molar-refractivity contribution in [2.45, 2.75) is 25.4 Å². The first kappa shape index (κ1) is 13.5. The molecule has 1 atom stereocenters. The van der Waals surface area contributed by atoms with Gasteiger partial charge in [0.2, 0.25) is 0 Å². The van der Waals surface area contributed by atoms with Crippen molar-refractivity contribution in [3.8, 4) is 0 Å². The lowest BCUT2D eigenvalue weighted by Gasteiger charge is -2.17. The highest BCUT2D eigenvalue weighted by atomic mass is 35.5. The minimum absolute atomic E-state index is 0.115. The van der Waals surface area contributed by atoms with E-state index in [0.29, 0.717) is 12.7 Å². The van der Waals surface area contributed by atoms with Crippen molar-refractivity contribution in [1.29, 1.82) is 0 Å². The van der Waals surface area contributed by atoms with Crippen molar-refractivity contribution < 1.29 is 9.47 Å². The van der Waals surface area contributed by atoms with Gasteiger partial charge in [0.25, 0.3) is 0 Å². The minimum atomic E-state index is 0.115. The van der Waals surface area contributed by atoms with Crippen molar-refractivity contribution in [2.24, 2.45) is 0 Å². The van der Waals surface area contributed by atoms with Crippen molar-refractivity contribution in [1.82, 2.24) is 0 Å². The van der Waals surface area contributed by atoms with Crippen molar-refractivity contribution >= 4 is 11.6 Å². The quantitative estimate of drug-likeness (QED) is 0.393. The number of halogens is 1. The van der Waals surface area contributed by atoms with Crippen LogP contribution in [0.15, 0.2) is 30.3 Å². The van der Waals surface area contributed by atoms with Crippen LogP contribution in [-0.4, -0.2) is 19.8 Å². The summed E-state index contributed by atoms with van der Waals surface area (Å²) < 4.78 is 10.6. The second kappa shape index (κ2) is 8.57. The van der Waals surface area contributed by atoms with Gasteiger partial charge in [0.05, 0.1) is 6.10 Å². The Labute approximate surface area is 103 Å². The monoisotopic (exact) mass is 242 g/mol. The average molecular weight is 243 g/mol. The summed E-state index contributed by atoms with van der Waals surface area (Å²) in [6.45, 7) is 0.334. The summed E-state index contributed by atoms with van der Waals surface area (Å²) in [7, 11) is 1.64. The van der Waals surface area contributed by atoms with Crippen LogP contribution in [0.1, 0.15) is 30.9 Å². The zero-order valence-electron chi connectivity index (χ0n) is 9.69. The van der Waals surface area contributed by atoms with Crippen LogP contribution >= 0.6 is 11.6 Å². The molecule has 0 N–H and O–H groups in total. The Hall–Kier alpha value is -0.570. The van der Waals surface area contributed by atoms with E-state index in [4.69, 9.17) is 21.1 Å². The van der Waals surface area contributed by atoms with Gasteiger partial charge >= 0.3 is 0 Å². The first-order valence-electron chi connectivity index (χ1n) is 5.60. The van der Waals surface area contributed by atoms with Crippen LogP contribution in [0.4, 0.5) is 0 Å². The molecule has 1 aromatic rings. The third kappa shape index (κ3) is 4.97. The van der Waals surface area contributed by atoms with E-state index in [-0.39, 0.29) is 6.10 Å². The lowest BCUT2D eigenvalue weighted by Crippen LogP contribution is -2.07. The zero-order chi connectivity index (χ0) is 11.6. The molecule has 0 fully saturated rings. The van der Waals surface area contributed by atoms with Gasteiger partial charge in [-0.2, -0.15) is 0 Å². The standard InChI is InChI=1S/C13H19ClO2/c1-15-11-16-13(9-5-6-10-14)12-7-3-2-4-8-12/h2-4,7-8,13H,5-6,9-11H2,1H3. The first-order valence-corrected chi connectivity index (χ1v) is 6.13. The number of alkyl halides is 1. The Balaban J connectivity index is 2.49. The first-order chi connectivity index (χ1) is 7.88. The van der Waals surface area contributed by atoms with Gasteiger partial charge in [-0.05, 0) is 24.8 Å². The van der Waals surface area contributed by atoms with Crippen LogP contribution in [0.25, 0.3) is 0 Å². The lowest BCUT2D eigenvalue weighted by molar-refractivity contribution is -0.0763. The Kier molecular flexibility index (Phi) is 7.23. The van der Waals surface area contributed by atoms with Gasteiger partial charge in [-0.25, -0.2) is 0 Å². The fourth-order valence-corrected chi connectivity index (χ4v) is 1.78. The molecule has 0 aliphatic rings. The van der Waals surface area contributed by atoms with Gasteiger partial charge in [-0.3, -0.25) is 0 Å². The molecular formula is C13H19ClO2. The predicted molar refractivity (Wildman–Crippen MR) is 66.7 cm³/mol. The van der Waals surface area contributed by atoms with E-state index in [0.717, 1.165) is 19.3 Å². The predicted octanol–water partition coefficient (Wildman–Crippen LogP) is 3.76. The molecule has 0 aliphatic carbocycles. The summed E-state index contributed by atoms with van der Waals surface area (Å²) in [5.74, 6) is 0.714. The fourth-order valence-electron chi connectivity index (χ4n) is 1.59. The summed E-state index contributed by atoms with van der Waals surface area (Å²) >= 11 is 5.67.